The number of rotatable bonds is 6. The first kappa shape index (κ1) is 16.5. The van der Waals surface area contributed by atoms with E-state index in [4.69, 9.17) is 5.73 Å². The van der Waals surface area contributed by atoms with Crippen molar-refractivity contribution in [3.63, 3.8) is 0 Å². The molecule has 0 bridgehead atoms. The van der Waals surface area contributed by atoms with E-state index in [0.29, 0.717) is 12.0 Å². The van der Waals surface area contributed by atoms with Crippen LogP contribution in [0.5, 0.6) is 0 Å². The molecule has 0 aromatic heterocycles. The average Bonchev–Trinajstić information content (AvgIpc) is 2.55. The Morgan fingerprint density at radius 1 is 1.04 bits per heavy atom. The summed E-state index contributed by atoms with van der Waals surface area (Å²) in [7, 11) is 3.92. The third-order valence-corrected chi connectivity index (χ3v) is 3.58. The molecular weight excluding hydrogens is 290 g/mol. The van der Waals surface area contributed by atoms with Crippen LogP contribution in [0, 0.1) is 0 Å². The number of nitrogens with one attached hydrogen (secondary N) is 1. The second-order valence-electron chi connectivity index (χ2n) is 5.56. The molecule has 0 heterocycles. The minimum Gasteiger partial charge on any atom is -0.378 e. The number of nitrogens with zero attached hydrogens (tertiary/aromatic N) is 1. The monoisotopic (exact) mass is 311 g/mol. The van der Waals surface area contributed by atoms with Crippen molar-refractivity contribution in [1.29, 1.82) is 0 Å². The quantitative estimate of drug-likeness (QED) is 0.850. The van der Waals surface area contributed by atoms with Gasteiger partial charge in [-0.05, 0) is 29.8 Å². The Balaban J connectivity index is 2.07. The molecule has 0 radical (unpaired) electrons. The van der Waals surface area contributed by atoms with Gasteiger partial charge in [-0.25, -0.2) is 0 Å². The topological polar surface area (TPSA) is 75.4 Å². The summed E-state index contributed by atoms with van der Waals surface area (Å²) in [5.74, 6) is -0.856. The van der Waals surface area contributed by atoms with Gasteiger partial charge in [0.1, 0.15) is 6.04 Å². The first-order valence-corrected chi connectivity index (χ1v) is 7.39. The largest absolute Gasteiger partial charge is 0.378 e. The molecule has 5 heteroatoms. The van der Waals surface area contributed by atoms with E-state index >= 15 is 0 Å². The van der Waals surface area contributed by atoms with E-state index in [2.05, 4.69) is 5.32 Å². The van der Waals surface area contributed by atoms with Gasteiger partial charge in [-0.1, -0.05) is 30.3 Å². The van der Waals surface area contributed by atoms with Crippen molar-refractivity contribution in [2.24, 2.45) is 5.73 Å². The molecule has 2 rings (SSSR count). The number of anilines is 1. The summed E-state index contributed by atoms with van der Waals surface area (Å²) < 4.78 is 0. The normalized spacial score (nSPS) is 11.6. The summed E-state index contributed by atoms with van der Waals surface area (Å²) in [5, 5.41) is 2.69. The summed E-state index contributed by atoms with van der Waals surface area (Å²) in [6.45, 7) is 0. The van der Waals surface area contributed by atoms with Gasteiger partial charge in [0.05, 0.1) is 0 Å². The molecule has 0 saturated heterocycles. The summed E-state index contributed by atoms with van der Waals surface area (Å²) >= 11 is 0. The van der Waals surface area contributed by atoms with Gasteiger partial charge in [-0.2, -0.15) is 0 Å². The molecule has 2 aromatic rings. The average molecular weight is 311 g/mol. The standard InChI is InChI=1S/C18H21N3O2/c1-21(2)15-10-8-13(9-11-15)12-16(17(19)22)20-18(23)14-6-4-3-5-7-14/h3-11,16H,12H2,1-2H3,(H2,19,22)(H,20,23). The van der Waals surface area contributed by atoms with Crippen LogP contribution < -0.4 is 16.0 Å². The second kappa shape index (κ2) is 7.45. The summed E-state index contributed by atoms with van der Waals surface area (Å²) in [6, 6.07) is 15.8. The van der Waals surface area contributed by atoms with E-state index in [1.165, 1.54) is 0 Å². The molecule has 0 spiro atoms. The van der Waals surface area contributed by atoms with E-state index in [0.717, 1.165) is 11.3 Å². The van der Waals surface area contributed by atoms with E-state index in [1.807, 2.05) is 49.3 Å². The van der Waals surface area contributed by atoms with E-state index in [-0.39, 0.29) is 5.91 Å². The van der Waals surface area contributed by atoms with Crippen molar-refractivity contribution in [2.75, 3.05) is 19.0 Å². The van der Waals surface area contributed by atoms with E-state index in [9.17, 15) is 9.59 Å². The smallest absolute Gasteiger partial charge is 0.251 e. The summed E-state index contributed by atoms with van der Waals surface area (Å²) in [6.07, 6.45) is 0.363. The van der Waals surface area contributed by atoms with Crippen molar-refractivity contribution in [2.45, 2.75) is 12.5 Å². The van der Waals surface area contributed by atoms with Crippen LogP contribution in [0.25, 0.3) is 0 Å². The lowest BCUT2D eigenvalue weighted by molar-refractivity contribution is -0.119. The number of benzene rings is 2. The predicted octanol–water partition coefficient (Wildman–Crippen LogP) is 1.58. The van der Waals surface area contributed by atoms with Crippen molar-refractivity contribution in [3.8, 4) is 0 Å². The van der Waals surface area contributed by atoms with Gasteiger partial charge in [-0.15, -0.1) is 0 Å². The molecule has 0 fully saturated rings. The molecule has 120 valence electrons. The third-order valence-electron chi connectivity index (χ3n) is 3.58. The molecule has 0 aliphatic rings. The molecule has 5 nitrogen and oxygen atoms in total. The summed E-state index contributed by atoms with van der Waals surface area (Å²) in [4.78, 5) is 25.8. The molecule has 3 N–H and O–H groups in total. The Morgan fingerprint density at radius 2 is 1.65 bits per heavy atom. The van der Waals surface area contributed by atoms with Crippen LogP contribution in [0.2, 0.25) is 0 Å². The van der Waals surface area contributed by atoms with Crippen LogP contribution in [-0.2, 0) is 11.2 Å². The van der Waals surface area contributed by atoms with Gasteiger partial charge in [0.2, 0.25) is 5.91 Å². The zero-order valence-electron chi connectivity index (χ0n) is 13.3. The van der Waals surface area contributed by atoms with Crippen molar-refractivity contribution in [1.82, 2.24) is 5.32 Å². The van der Waals surface area contributed by atoms with Crippen LogP contribution in [0.15, 0.2) is 54.6 Å². The highest BCUT2D eigenvalue weighted by Crippen LogP contribution is 2.13. The highest BCUT2D eigenvalue weighted by atomic mass is 16.2. The maximum absolute atomic E-state index is 12.2. The number of hydrogen-bond donors (Lipinski definition) is 2. The van der Waals surface area contributed by atoms with Gasteiger partial charge in [0.15, 0.2) is 0 Å². The van der Waals surface area contributed by atoms with E-state index in [1.54, 1.807) is 24.3 Å². The van der Waals surface area contributed by atoms with Crippen molar-refractivity contribution >= 4 is 17.5 Å². The molecule has 1 atom stereocenters. The molecule has 2 amide bonds. The fraction of sp³-hybridized carbons (Fsp3) is 0.222. The van der Waals surface area contributed by atoms with Crippen molar-refractivity contribution < 1.29 is 9.59 Å². The molecule has 0 saturated carbocycles. The number of hydrogen-bond acceptors (Lipinski definition) is 3. The lowest BCUT2D eigenvalue weighted by atomic mass is 10.0. The van der Waals surface area contributed by atoms with Gasteiger partial charge >= 0.3 is 0 Å². The van der Waals surface area contributed by atoms with Crippen LogP contribution in [0.4, 0.5) is 5.69 Å². The van der Waals surface area contributed by atoms with Gasteiger partial charge in [0.25, 0.3) is 5.91 Å². The fourth-order valence-corrected chi connectivity index (χ4v) is 2.22. The Hall–Kier alpha value is -2.82. The highest BCUT2D eigenvalue weighted by molar-refractivity contribution is 5.97. The second-order valence-corrected chi connectivity index (χ2v) is 5.56. The Morgan fingerprint density at radius 3 is 2.17 bits per heavy atom. The Labute approximate surface area is 136 Å². The molecule has 1 unspecified atom stereocenters. The Kier molecular flexibility index (Phi) is 5.36. The maximum atomic E-state index is 12.2. The van der Waals surface area contributed by atoms with Gasteiger partial charge in [-0.3, -0.25) is 9.59 Å². The number of carbonyl (C=O) groups excluding carboxylic acids is 2. The SMILES string of the molecule is CN(C)c1ccc(CC(NC(=O)c2ccccc2)C(N)=O)cc1. The van der Waals surface area contributed by atoms with Gasteiger partial charge in [0, 0.05) is 31.8 Å². The first-order valence-electron chi connectivity index (χ1n) is 7.39. The fourth-order valence-electron chi connectivity index (χ4n) is 2.22. The minimum atomic E-state index is -0.743. The van der Waals surface area contributed by atoms with Crippen LogP contribution >= 0.6 is 0 Å². The number of primary amides is 1. The molecule has 0 aliphatic heterocycles. The molecule has 23 heavy (non-hydrogen) atoms. The third kappa shape index (κ3) is 4.57. The molecule has 2 aromatic carbocycles. The van der Waals surface area contributed by atoms with Crippen LogP contribution in [0.1, 0.15) is 15.9 Å². The lowest BCUT2D eigenvalue weighted by Gasteiger charge is -2.17. The number of nitrogens with two attached hydrogens (primary N) is 1. The first-order chi connectivity index (χ1) is 11.0. The highest BCUT2D eigenvalue weighted by Gasteiger charge is 2.19. The lowest BCUT2D eigenvalue weighted by Crippen LogP contribution is -2.45. The van der Waals surface area contributed by atoms with Crippen LogP contribution in [-0.4, -0.2) is 32.0 Å². The van der Waals surface area contributed by atoms with E-state index < -0.39 is 11.9 Å². The summed E-state index contributed by atoms with van der Waals surface area (Å²) in [5.41, 5.74) is 7.93. The predicted molar refractivity (Wildman–Crippen MR) is 91.4 cm³/mol. The molecule has 0 aliphatic carbocycles. The maximum Gasteiger partial charge on any atom is 0.251 e. The van der Waals surface area contributed by atoms with Crippen molar-refractivity contribution in [3.05, 3.63) is 65.7 Å². The van der Waals surface area contributed by atoms with Gasteiger partial charge < -0.3 is 16.0 Å². The zero-order chi connectivity index (χ0) is 16.8. The zero-order valence-corrected chi connectivity index (χ0v) is 13.3. The minimum absolute atomic E-state index is 0.306. The Bertz CT molecular complexity index is 666. The van der Waals surface area contributed by atoms with Crippen LogP contribution in [0.3, 0.4) is 0 Å². The molecular formula is C18H21N3O2. The number of carbonyl (C=O) groups is 2. The number of amides is 2.